The molecule has 0 spiro atoms. The van der Waals surface area contributed by atoms with E-state index in [0.29, 0.717) is 17.3 Å². The number of hydrogen-bond acceptors (Lipinski definition) is 3. The van der Waals surface area contributed by atoms with Gasteiger partial charge in [-0.25, -0.2) is 0 Å². The number of para-hydroxylation sites is 1. The van der Waals surface area contributed by atoms with Crippen molar-refractivity contribution in [2.24, 2.45) is 5.92 Å². The molecule has 1 aliphatic rings. The molecule has 5 nitrogen and oxygen atoms in total. The highest BCUT2D eigenvalue weighted by molar-refractivity contribution is 6.33. The SMILES string of the molecule is COc1ccc(N2C[C@@H](C(=O)Nc3ccccc3Cl)CC2=O)cc1. The summed E-state index contributed by atoms with van der Waals surface area (Å²) >= 11 is 6.05. The molecule has 0 aliphatic carbocycles. The van der Waals surface area contributed by atoms with Gasteiger partial charge in [-0.2, -0.15) is 0 Å². The summed E-state index contributed by atoms with van der Waals surface area (Å²) in [4.78, 5) is 26.3. The van der Waals surface area contributed by atoms with Gasteiger partial charge in [0.05, 0.1) is 23.7 Å². The predicted molar refractivity (Wildman–Crippen MR) is 93.5 cm³/mol. The first-order valence-electron chi connectivity index (χ1n) is 7.58. The number of nitrogens with zero attached hydrogens (tertiary/aromatic N) is 1. The number of anilines is 2. The van der Waals surface area contributed by atoms with E-state index in [1.54, 1.807) is 48.4 Å². The minimum absolute atomic E-state index is 0.0699. The summed E-state index contributed by atoms with van der Waals surface area (Å²) in [5, 5.41) is 3.27. The van der Waals surface area contributed by atoms with Crippen molar-refractivity contribution in [1.29, 1.82) is 0 Å². The molecule has 3 rings (SSSR count). The Hall–Kier alpha value is -2.53. The molecule has 1 fully saturated rings. The van der Waals surface area contributed by atoms with E-state index in [4.69, 9.17) is 16.3 Å². The number of carbonyl (C=O) groups is 2. The van der Waals surface area contributed by atoms with Crippen molar-refractivity contribution in [3.63, 3.8) is 0 Å². The van der Waals surface area contributed by atoms with Crippen molar-refractivity contribution in [3.8, 4) is 5.75 Å². The van der Waals surface area contributed by atoms with Gasteiger partial charge in [0, 0.05) is 18.7 Å². The second-order valence-corrected chi connectivity index (χ2v) is 5.98. The normalized spacial score (nSPS) is 17.0. The Labute approximate surface area is 145 Å². The van der Waals surface area contributed by atoms with Crippen molar-refractivity contribution in [2.75, 3.05) is 23.9 Å². The Morgan fingerprint density at radius 2 is 1.92 bits per heavy atom. The highest BCUT2D eigenvalue weighted by Gasteiger charge is 2.35. The molecule has 2 amide bonds. The summed E-state index contributed by atoms with van der Waals surface area (Å²) in [6, 6.07) is 14.2. The van der Waals surface area contributed by atoms with Gasteiger partial charge in [0.15, 0.2) is 0 Å². The molecular formula is C18H17ClN2O3. The molecule has 6 heteroatoms. The zero-order valence-corrected chi connectivity index (χ0v) is 13.9. The molecule has 2 aromatic rings. The average molecular weight is 345 g/mol. The highest BCUT2D eigenvalue weighted by atomic mass is 35.5. The lowest BCUT2D eigenvalue weighted by Gasteiger charge is -2.17. The van der Waals surface area contributed by atoms with Crippen LogP contribution in [0.3, 0.4) is 0 Å². The second-order valence-electron chi connectivity index (χ2n) is 5.57. The summed E-state index contributed by atoms with van der Waals surface area (Å²) in [6.07, 6.45) is 0.183. The van der Waals surface area contributed by atoms with Gasteiger partial charge >= 0.3 is 0 Å². The summed E-state index contributed by atoms with van der Waals surface area (Å²) in [7, 11) is 1.59. The van der Waals surface area contributed by atoms with Crippen LogP contribution >= 0.6 is 11.6 Å². The number of carbonyl (C=O) groups excluding carboxylic acids is 2. The molecule has 1 atom stereocenters. The van der Waals surface area contributed by atoms with E-state index in [1.165, 1.54) is 0 Å². The minimum Gasteiger partial charge on any atom is -0.497 e. The van der Waals surface area contributed by atoms with Crippen LogP contribution in [0, 0.1) is 5.92 Å². The van der Waals surface area contributed by atoms with Gasteiger partial charge in [-0.05, 0) is 36.4 Å². The van der Waals surface area contributed by atoms with Crippen LogP contribution in [-0.4, -0.2) is 25.5 Å². The molecule has 0 bridgehead atoms. The van der Waals surface area contributed by atoms with Crippen LogP contribution in [0.25, 0.3) is 0 Å². The van der Waals surface area contributed by atoms with Gasteiger partial charge < -0.3 is 15.0 Å². The lowest BCUT2D eigenvalue weighted by Crippen LogP contribution is -2.28. The lowest BCUT2D eigenvalue weighted by molar-refractivity contribution is -0.122. The first-order chi connectivity index (χ1) is 11.6. The van der Waals surface area contributed by atoms with Crippen molar-refractivity contribution in [1.82, 2.24) is 0 Å². The number of rotatable bonds is 4. The number of halogens is 1. The topological polar surface area (TPSA) is 58.6 Å². The molecule has 1 heterocycles. The number of amides is 2. The van der Waals surface area contributed by atoms with Crippen molar-refractivity contribution in [3.05, 3.63) is 53.6 Å². The smallest absolute Gasteiger partial charge is 0.229 e. The van der Waals surface area contributed by atoms with Crippen LogP contribution in [0.5, 0.6) is 5.75 Å². The van der Waals surface area contributed by atoms with Gasteiger partial charge in [-0.15, -0.1) is 0 Å². The zero-order valence-electron chi connectivity index (χ0n) is 13.2. The third-order valence-electron chi connectivity index (χ3n) is 4.01. The lowest BCUT2D eigenvalue weighted by atomic mass is 10.1. The number of ether oxygens (including phenoxy) is 1. The fourth-order valence-corrected chi connectivity index (χ4v) is 2.88. The second kappa shape index (κ2) is 6.93. The summed E-state index contributed by atoms with van der Waals surface area (Å²) in [5.41, 5.74) is 1.31. The molecule has 0 radical (unpaired) electrons. The number of nitrogens with one attached hydrogen (secondary N) is 1. The fraction of sp³-hybridized carbons (Fsp3) is 0.222. The Balaban J connectivity index is 1.69. The predicted octanol–water partition coefficient (Wildman–Crippen LogP) is 3.34. The maximum absolute atomic E-state index is 12.4. The van der Waals surface area contributed by atoms with E-state index in [0.717, 1.165) is 11.4 Å². The van der Waals surface area contributed by atoms with Crippen LogP contribution in [0.15, 0.2) is 48.5 Å². The van der Waals surface area contributed by atoms with Gasteiger partial charge in [-0.1, -0.05) is 23.7 Å². The van der Waals surface area contributed by atoms with Crippen LogP contribution < -0.4 is 15.0 Å². The summed E-state index contributed by atoms with van der Waals surface area (Å²) < 4.78 is 5.12. The molecule has 0 aromatic heterocycles. The Kier molecular flexibility index (Phi) is 4.71. The maximum Gasteiger partial charge on any atom is 0.229 e. The Morgan fingerprint density at radius 3 is 2.58 bits per heavy atom. The largest absolute Gasteiger partial charge is 0.497 e. The van der Waals surface area contributed by atoms with Crippen LogP contribution in [0.4, 0.5) is 11.4 Å². The van der Waals surface area contributed by atoms with Crippen molar-refractivity contribution >= 4 is 34.8 Å². The fourth-order valence-electron chi connectivity index (χ4n) is 2.69. The monoisotopic (exact) mass is 344 g/mol. The van der Waals surface area contributed by atoms with E-state index in [2.05, 4.69) is 5.32 Å². The molecule has 1 aliphatic heterocycles. The molecule has 1 N–H and O–H groups in total. The van der Waals surface area contributed by atoms with Gasteiger partial charge in [0.25, 0.3) is 0 Å². The summed E-state index contributed by atoms with van der Waals surface area (Å²) in [5.74, 6) is 0.0428. The highest BCUT2D eigenvalue weighted by Crippen LogP contribution is 2.28. The van der Waals surface area contributed by atoms with Gasteiger partial charge in [0.1, 0.15) is 5.75 Å². The van der Waals surface area contributed by atoms with E-state index < -0.39 is 5.92 Å². The van der Waals surface area contributed by atoms with Crippen LogP contribution in [0.2, 0.25) is 5.02 Å². The molecule has 0 unspecified atom stereocenters. The van der Waals surface area contributed by atoms with E-state index in [9.17, 15) is 9.59 Å². The third kappa shape index (κ3) is 3.36. The molecule has 124 valence electrons. The molecule has 0 saturated carbocycles. The average Bonchev–Trinajstić information content (AvgIpc) is 2.99. The molecule has 2 aromatic carbocycles. The first-order valence-corrected chi connectivity index (χ1v) is 7.96. The number of benzene rings is 2. The van der Waals surface area contributed by atoms with Gasteiger partial charge in [0.2, 0.25) is 11.8 Å². The van der Waals surface area contributed by atoms with Gasteiger partial charge in [-0.3, -0.25) is 9.59 Å². The molecular weight excluding hydrogens is 328 g/mol. The molecule has 1 saturated heterocycles. The third-order valence-corrected chi connectivity index (χ3v) is 4.34. The Morgan fingerprint density at radius 1 is 1.21 bits per heavy atom. The molecule has 24 heavy (non-hydrogen) atoms. The zero-order chi connectivity index (χ0) is 17.1. The van der Waals surface area contributed by atoms with E-state index in [1.807, 2.05) is 12.1 Å². The first kappa shape index (κ1) is 16.3. The van der Waals surface area contributed by atoms with Crippen LogP contribution in [-0.2, 0) is 9.59 Å². The van der Waals surface area contributed by atoms with Crippen LogP contribution in [0.1, 0.15) is 6.42 Å². The Bertz CT molecular complexity index is 761. The van der Waals surface area contributed by atoms with Crippen molar-refractivity contribution in [2.45, 2.75) is 6.42 Å². The number of hydrogen-bond donors (Lipinski definition) is 1. The van der Waals surface area contributed by atoms with Crippen molar-refractivity contribution < 1.29 is 14.3 Å². The maximum atomic E-state index is 12.4. The summed E-state index contributed by atoms with van der Waals surface area (Å²) in [6.45, 7) is 0.349. The van der Waals surface area contributed by atoms with E-state index >= 15 is 0 Å². The quantitative estimate of drug-likeness (QED) is 0.925. The number of methoxy groups -OCH3 is 1. The van der Waals surface area contributed by atoms with E-state index in [-0.39, 0.29) is 18.2 Å². The standard InChI is InChI=1S/C18H17ClN2O3/c1-24-14-8-6-13(7-9-14)21-11-12(10-17(21)22)18(23)20-16-5-3-2-4-15(16)19/h2-9,12H,10-11H2,1H3,(H,20,23)/t12-/m0/s1. The minimum atomic E-state index is -0.407.